The van der Waals surface area contributed by atoms with Gasteiger partial charge in [-0.3, -0.25) is 4.18 Å². The van der Waals surface area contributed by atoms with Gasteiger partial charge in [-0.2, -0.15) is 0 Å². The molecule has 2 unspecified atom stereocenters. The molecular formula is C22H42N2O8S. The Morgan fingerprint density at radius 2 is 1.64 bits per heavy atom. The third-order valence-corrected chi connectivity index (χ3v) is 4.85. The van der Waals surface area contributed by atoms with E-state index in [0.29, 0.717) is 13.0 Å². The molecule has 11 heteroatoms. The fourth-order valence-electron chi connectivity index (χ4n) is 2.74. The van der Waals surface area contributed by atoms with Crippen LogP contribution < -0.4 is 4.57 Å². The van der Waals surface area contributed by atoms with Gasteiger partial charge in [0.05, 0.1) is 13.7 Å². The lowest BCUT2D eigenvalue weighted by molar-refractivity contribution is -0.671. The Morgan fingerprint density at radius 3 is 2.21 bits per heavy atom. The quantitative estimate of drug-likeness (QED) is 0.0808. The highest BCUT2D eigenvalue weighted by molar-refractivity contribution is 7.80. The van der Waals surface area contributed by atoms with Crippen LogP contribution >= 0.6 is 0 Å². The van der Waals surface area contributed by atoms with Crippen LogP contribution in [0.3, 0.4) is 0 Å². The Kier molecular flexibility index (Phi) is 18.0. The average molecular weight is 495 g/mol. The molecule has 10 nitrogen and oxygen atoms in total. The second-order valence-electron chi connectivity index (χ2n) is 7.73. The van der Waals surface area contributed by atoms with Crippen molar-refractivity contribution in [2.45, 2.75) is 98.2 Å². The molecule has 1 rings (SSSR count). The topological polar surface area (TPSA) is 120 Å². The van der Waals surface area contributed by atoms with E-state index in [-0.39, 0.29) is 25.4 Å². The number of imidazole rings is 1. The molecule has 33 heavy (non-hydrogen) atoms. The monoisotopic (exact) mass is 494 g/mol. The number of ether oxygens (including phenoxy) is 3. The Balaban J connectivity index is 0.000000684. The van der Waals surface area contributed by atoms with Crippen molar-refractivity contribution >= 4 is 16.4 Å². The molecule has 0 aromatic carbocycles. The zero-order valence-corrected chi connectivity index (χ0v) is 21.6. The average Bonchev–Trinajstić information content (AvgIpc) is 3.11. The molecule has 0 saturated carbocycles. The van der Waals surface area contributed by atoms with E-state index in [0.717, 1.165) is 25.7 Å². The molecule has 0 N–H and O–H groups in total. The molecule has 0 aliphatic rings. The molecule has 1 aromatic rings. The lowest BCUT2D eigenvalue weighted by Gasteiger charge is -2.19. The molecule has 2 atom stereocenters. The van der Waals surface area contributed by atoms with Gasteiger partial charge >= 0.3 is 5.97 Å². The number of aromatic nitrogens is 2. The van der Waals surface area contributed by atoms with E-state index in [1.807, 2.05) is 30.3 Å². The summed E-state index contributed by atoms with van der Waals surface area (Å²) >= 11 is 0. The van der Waals surface area contributed by atoms with Crippen LogP contribution in [0.5, 0.6) is 0 Å². The summed E-state index contributed by atoms with van der Waals surface area (Å²) in [6.07, 6.45) is 12.8. The number of aryl methyl sites for hydroxylation is 1. The van der Waals surface area contributed by atoms with Gasteiger partial charge in [0.2, 0.25) is 23.0 Å². The summed E-state index contributed by atoms with van der Waals surface area (Å²) in [7, 11) is -2.58. The molecule has 0 aliphatic carbocycles. The third-order valence-electron chi connectivity index (χ3n) is 4.39. The summed E-state index contributed by atoms with van der Waals surface area (Å²) in [5.41, 5.74) is 0. The standard InChI is InChI=1S/C14H25N2O4.C8H18O4S/c1-5-6-9-18-12(2)19-13(3)20-14(17)10-16-8-7-15(4)11-16;1-2-3-4-5-6-7-8-12-13(9,10)11/h7-8,11-13H,5-6,9-10H2,1-4H3;2-8H2,1H3,(H,9,10,11)/q+1;/p-1. The van der Waals surface area contributed by atoms with Crippen molar-refractivity contribution in [3.05, 3.63) is 18.7 Å². The van der Waals surface area contributed by atoms with E-state index in [1.165, 1.54) is 19.3 Å². The van der Waals surface area contributed by atoms with Gasteiger partial charge in [0.15, 0.2) is 12.8 Å². The van der Waals surface area contributed by atoms with Crippen molar-refractivity contribution in [3.8, 4) is 0 Å². The van der Waals surface area contributed by atoms with E-state index in [2.05, 4.69) is 18.0 Å². The third kappa shape index (κ3) is 20.8. The maximum atomic E-state index is 11.7. The summed E-state index contributed by atoms with van der Waals surface area (Å²) in [6, 6.07) is 0. The van der Waals surface area contributed by atoms with Crippen LogP contribution in [-0.2, 0) is 47.2 Å². The van der Waals surface area contributed by atoms with Crippen molar-refractivity contribution in [2.75, 3.05) is 13.2 Å². The minimum Gasteiger partial charge on any atom is -0.726 e. The molecule has 0 bridgehead atoms. The summed E-state index contributed by atoms with van der Waals surface area (Å²) in [5.74, 6) is -0.338. The van der Waals surface area contributed by atoms with Crippen LogP contribution in [0.1, 0.15) is 79.1 Å². The SMILES string of the molecule is CCCCCCCCOS(=O)(=O)[O-].CCCCOC(C)OC(C)OC(=O)Cn1cc[n+](C)c1. The Morgan fingerprint density at radius 1 is 1.00 bits per heavy atom. The molecule has 0 aliphatic heterocycles. The van der Waals surface area contributed by atoms with Crippen molar-refractivity contribution in [3.63, 3.8) is 0 Å². The highest BCUT2D eigenvalue weighted by atomic mass is 32.3. The highest BCUT2D eigenvalue weighted by Crippen LogP contribution is 2.05. The number of rotatable bonds is 17. The van der Waals surface area contributed by atoms with Gasteiger partial charge in [-0.25, -0.2) is 22.3 Å². The number of carbonyl (C=O) groups excluding carboxylic acids is 1. The van der Waals surface area contributed by atoms with Crippen molar-refractivity contribution in [2.24, 2.45) is 7.05 Å². The first-order valence-electron chi connectivity index (χ1n) is 11.6. The lowest BCUT2D eigenvalue weighted by atomic mass is 10.1. The van der Waals surface area contributed by atoms with E-state index >= 15 is 0 Å². The lowest BCUT2D eigenvalue weighted by Crippen LogP contribution is -2.27. The van der Waals surface area contributed by atoms with Crippen molar-refractivity contribution in [1.82, 2.24) is 4.57 Å². The minimum absolute atomic E-state index is 0.0258. The first-order chi connectivity index (χ1) is 15.6. The zero-order valence-electron chi connectivity index (χ0n) is 20.7. The van der Waals surface area contributed by atoms with E-state index in [4.69, 9.17) is 14.2 Å². The molecule has 0 saturated heterocycles. The number of hydrogen-bond acceptors (Lipinski definition) is 8. The molecular weight excluding hydrogens is 452 g/mol. The Bertz CT molecular complexity index is 724. The van der Waals surface area contributed by atoms with Crippen LogP contribution in [0, 0.1) is 0 Å². The minimum atomic E-state index is -4.47. The van der Waals surface area contributed by atoms with E-state index in [9.17, 15) is 17.8 Å². The highest BCUT2D eigenvalue weighted by Gasteiger charge is 2.16. The van der Waals surface area contributed by atoms with Gasteiger partial charge in [-0.15, -0.1) is 0 Å². The molecule has 194 valence electrons. The second-order valence-corrected chi connectivity index (χ2v) is 8.79. The first kappa shape index (κ1) is 31.5. The molecule has 0 amide bonds. The predicted octanol–water partition coefficient (Wildman–Crippen LogP) is 3.20. The van der Waals surface area contributed by atoms with Crippen LogP contribution in [0.2, 0.25) is 0 Å². The molecule has 1 heterocycles. The van der Waals surface area contributed by atoms with E-state index in [1.54, 1.807) is 18.4 Å². The normalized spacial score (nSPS) is 13.2. The summed E-state index contributed by atoms with van der Waals surface area (Å²) < 4.78 is 53.7. The van der Waals surface area contributed by atoms with E-state index < -0.39 is 16.7 Å². The summed E-state index contributed by atoms with van der Waals surface area (Å²) in [4.78, 5) is 11.7. The fraction of sp³-hybridized carbons (Fsp3) is 0.818. The number of esters is 1. The van der Waals surface area contributed by atoms with Gasteiger partial charge in [0, 0.05) is 6.61 Å². The number of unbranched alkanes of at least 4 members (excludes halogenated alkanes) is 6. The summed E-state index contributed by atoms with van der Waals surface area (Å²) in [5, 5.41) is 0. The van der Waals surface area contributed by atoms with Crippen LogP contribution in [0.4, 0.5) is 0 Å². The van der Waals surface area contributed by atoms with Gasteiger partial charge in [-0.1, -0.05) is 52.4 Å². The van der Waals surface area contributed by atoms with Gasteiger partial charge in [-0.05, 0) is 26.7 Å². The van der Waals surface area contributed by atoms with Crippen molar-refractivity contribution < 1.29 is 40.7 Å². The molecule has 0 radical (unpaired) electrons. The number of hydrogen-bond donors (Lipinski definition) is 0. The maximum Gasteiger partial charge on any atom is 0.350 e. The van der Waals surface area contributed by atoms with Crippen molar-refractivity contribution in [1.29, 1.82) is 0 Å². The Labute approximate surface area is 199 Å². The Hall–Kier alpha value is -1.53. The van der Waals surface area contributed by atoms with Crippen LogP contribution in [0.15, 0.2) is 18.7 Å². The van der Waals surface area contributed by atoms with Gasteiger partial charge in [0.1, 0.15) is 12.4 Å². The van der Waals surface area contributed by atoms with Crippen LogP contribution in [-0.4, -0.2) is 49.3 Å². The molecule has 0 fully saturated rings. The first-order valence-corrected chi connectivity index (χ1v) is 13.0. The molecule has 0 spiro atoms. The maximum absolute atomic E-state index is 11.7. The number of carbonyl (C=O) groups is 1. The molecule has 1 aromatic heterocycles. The van der Waals surface area contributed by atoms with Crippen LogP contribution in [0.25, 0.3) is 0 Å². The van der Waals surface area contributed by atoms with Gasteiger partial charge < -0.3 is 18.8 Å². The second kappa shape index (κ2) is 18.8. The predicted molar refractivity (Wildman–Crippen MR) is 122 cm³/mol. The van der Waals surface area contributed by atoms with Gasteiger partial charge in [0.25, 0.3) is 0 Å². The number of nitrogens with zero attached hydrogens (tertiary/aromatic N) is 2. The zero-order chi connectivity index (χ0) is 25.1. The summed E-state index contributed by atoms with van der Waals surface area (Å²) in [6.45, 7) is 8.56. The largest absolute Gasteiger partial charge is 0.726 e. The smallest absolute Gasteiger partial charge is 0.350 e. The fourth-order valence-corrected chi connectivity index (χ4v) is 3.06.